The smallest absolute Gasteiger partial charge is 0.336 e. The lowest BCUT2D eigenvalue weighted by Gasteiger charge is -2.11. The van der Waals surface area contributed by atoms with Gasteiger partial charge in [-0.2, -0.15) is 0 Å². The fourth-order valence-electron chi connectivity index (χ4n) is 1.97. The Balaban J connectivity index is 2.76. The monoisotopic (exact) mass is 296 g/mol. The highest BCUT2D eigenvalue weighted by Crippen LogP contribution is 2.27. The normalized spacial score (nSPS) is 10.4. The number of nitrogens with one attached hydrogen (secondary N) is 1. The predicted octanol–water partition coefficient (Wildman–Crippen LogP) is 2.83. The van der Waals surface area contributed by atoms with Gasteiger partial charge in [0.2, 0.25) is 0 Å². The van der Waals surface area contributed by atoms with Gasteiger partial charge in [-0.05, 0) is 32.3 Å². The number of nitro benzene ring substituents is 1. The average Bonchev–Trinajstić information content (AvgIpc) is 2.43. The lowest BCUT2D eigenvalue weighted by molar-refractivity contribution is -0.385. The number of aromatic carboxylic acids is 1. The van der Waals surface area contributed by atoms with Crippen LogP contribution in [0.4, 0.5) is 11.4 Å². The Labute approximate surface area is 123 Å². The van der Waals surface area contributed by atoms with E-state index in [0.717, 1.165) is 25.3 Å². The maximum Gasteiger partial charge on any atom is 0.336 e. The summed E-state index contributed by atoms with van der Waals surface area (Å²) in [4.78, 5) is 21.4. The van der Waals surface area contributed by atoms with Gasteiger partial charge in [0.25, 0.3) is 5.69 Å². The number of benzene rings is 1. The zero-order valence-electron chi connectivity index (χ0n) is 12.2. The molecule has 2 N–H and O–H groups in total. The van der Waals surface area contributed by atoms with Crippen LogP contribution in [-0.2, 0) is 4.74 Å². The second-order valence-electron chi connectivity index (χ2n) is 4.71. The molecule has 21 heavy (non-hydrogen) atoms. The summed E-state index contributed by atoms with van der Waals surface area (Å²) in [6.45, 7) is 2.95. The molecule has 1 aromatic carbocycles. The zero-order valence-corrected chi connectivity index (χ0v) is 12.2. The van der Waals surface area contributed by atoms with Crippen LogP contribution in [0, 0.1) is 17.0 Å². The van der Waals surface area contributed by atoms with Gasteiger partial charge in [-0.25, -0.2) is 4.79 Å². The van der Waals surface area contributed by atoms with Crippen molar-refractivity contribution >= 4 is 17.3 Å². The third kappa shape index (κ3) is 5.03. The highest BCUT2D eigenvalue weighted by molar-refractivity contribution is 5.90. The molecule has 1 aromatic rings. The van der Waals surface area contributed by atoms with E-state index in [-0.39, 0.29) is 11.3 Å². The second kappa shape index (κ2) is 8.21. The molecule has 0 aliphatic rings. The number of methoxy groups -OCH3 is 1. The summed E-state index contributed by atoms with van der Waals surface area (Å²) in [7, 11) is 1.65. The van der Waals surface area contributed by atoms with E-state index in [4.69, 9.17) is 9.84 Å². The van der Waals surface area contributed by atoms with Crippen molar-refractivity contribution < 1.29 is 19.6 Å². The lowest BCUT2D eigenvalue weighted by atomic mass is 10.1. The number of rotatable bonds is 9. The van der Waals surface area contributed by atoms with Crippen molar-refractivity contribution in [2.75, 3.05) is 25.6 Å². The molecule has 0 bridgehead atoms. The minimum Gasteiger partial charge on any atom is -0.478 e. The number of carboxylic acids is 1. The summed E-state index contributed by atoms with van der Waals surface area (Å²) in [5.74, 6) is -1.18. The van der Waals surface area contributed by atoms with E-state index in [9.17, 15) is 14.9 Å². The topological polar surface area (TPSA) is 102 Å². The van der Waals surface area contributed by atoms with Crippen LogP contribution in [0.1, 0.15) is 35.2 Å². The third-order valence-electron chi connectivity index (χ3n) is 3.16. The summed E-state index contributed by atoms with van der Waals surface area (Å²) in [6, 6.07) is 2.52. The molecule has 0 saturated heterocycles. The molecule has 116 valence electrons. The van der Waals surface area contributed by atoms with E-state index >= 15 is 0 Å². The Hall–Kier alpha value is -2.15. The van der Waals surface area contributed by atoms with Crippen molar-refractivity contribution in [2.45, 2.75) is 26.2 Å². The molecule has 0 amide bonds. The van der Waals surface area contributed by atoms with Crippen molar-refractivity contribution in [2.24, 2.45) is 0 Å². The molecule has 7 heteroatoms. The fourth-order valence-corrected chi connectivity index (χ4v) is 1.97. The summed E-state index contributed by atoms with van der Waals surface area (Å²) in [6.07, 6.45) is 2.81. The molecule has 0 unspecified atom stereocenters. The molecule has 0 spiro atoms. The first kappa shape index (κ1) is 16.9. The van der Waals surface area contributed by atoms with Crippen LogP contribution >= 0.6 is 0 Å². The maximum atomic E-state index is 11.0. The standard InChI is InChI=1S/C14H20N2O5/c1-10-12(15-6-4-3-5-7-21-2)8-11(14(17)18)9-13(10)16(19)20/h8-9,15H,3-7H2,1-2H3,(H,17,18). The van der Waals surface area contributed by atoms with Gasteiger partial charge in [-0.15, -0.1) is 0 Å². The van der Waals surface area contributed by atoms with Gasteiger partial charge in [0.1, 0.15) is 0 Å². The molecule has 0 radical (unpaired) electrons. The third-order valence-corrected chi connectivity index (χ3v) is 3.16. The molecular weight excluding hydrogens is 276 g/mol. The molecule has 0 aliphatic carbocycles. The van der Waals surface area contributed by atoms with Crippen molar-refractivity contribution in [1.29, 1.82) is 0 Å². The number of hydrogen-bond acceptors (Lipinski definition) is 5. The molecule has 7 nitrogen and oxygen atoms in total. The number of ether oxygens (including phenoxy) is 1. The van der Waals surface area contributed by atoms with E-state index in [2.05, 4.69) is 5.32 Å². The first-order valence-corrected chi connectivity index (χ1v) is 6.72. The molecule has 1 rings (SSSR count). The number of carboxylic acid groups (broad SMARTS) is 1. The molecule has 0 fully saturated rings. The van der Waals surface area contributed by atoms with E-state index < -0.39 is 10.9 Å². The van der Waals surface area contributed by atoms with Crippen LogP contribution in [0.2, 0.25) is 0 Å². The largest absolute Gasteiger partial charge is 0.478 e. The van der Waals surface area contributed by atoms with Crippen LogP contribution < -0.4 is 5.32 Å². The highest BCUT2D eigenvalue weighted by atomic mass is 16.6. The number of hydrogen-bond donors (Lipinski definition) is 2. The van der Waals surface area contributed by atoms with Crippen molar-refractivity contribution in [3.63, 3.8) is 0 Å². The van der Waals surface area contributed by atoms with Gasteiger partial charge < -0.3 is 15.2 Å². The Kier molecular flexibility index (Phi) is 6.61. The summed E-state index contributed by atoms with van der Waals surface area (Å²) < 4.78 is 4.95. The van der Waals surface area contributed by atoms with Gasteiger partial charge >= 0.3 is 5.97 Å². The Morgan fingerprint density at radius 3 is 2.67 bits per heavy atom. The SMILES string of the molecule is COCCCCCNc1cc(C(=O)O)cc([N+](=O)[O-])c1C. The Bertz CT molecular complexity index is 516. The highest BCUT2D eigenvalue weighted by Gasteiger charge is 2.18. The Morgan fingerprint density at radius 2 is 2.10 bits per heavy atom. The van der Waals surface area contributed by atoms with Crippen LogP contribution in [0.25, 0.3) is 0 Å². The Morgan fingerprint density at radius 1 is 1.38 bits per heavy atom. The summed E-state index contributed by atoms with van der Waals surface area (Å²) in [5, 5.41) is 23.1. The molecule has 0 aliphatic heterocycles. The molecule has 0 heterocycles. The van der Waals surface area contributed by atoms with Crippen LogP contribution in [0.3, 0.4) is 0 Å². The van der Waals surface area contributed by atoms with Crippen molar-refractivity contribution in [1.82, 2.24) is 0 Å². The van der Waals surface area contributed by atoms with Crippen LogP contribution in [-0.4, -0.2) is 36.3 Å². The first-order chi connectivity index (χ1) is 9.97. The number of unbranched alkanes of at least 4 members (excludes halogenated alkanes) is 2. The van der Waals surface area contributed by atoms with Gasteiger partial charge in [0, 0.05) is 37.6 Å². The number of anilines is 1. The first-order valence-electron chi connectivity index (χ1n) is 6.72. The lowest BCUT2D eigenvalue weighted by Crippen LogP contribution is -2.07. The van der Waals surface area contributed by atoms with Crippen LogP contribution in [0.5, 0.6) is 0 Å². The van der Waals surface area contributed by atoms with E-state index in [1.54, 1.807) is 14.0 Å². The van der Waals surface area contributed by atoms with Crippen molar-refractivity contribution in [3.05, 3.63) is 33.4 Å². The van der Waals surface area contributed by atoms with Gasteiger partial charge in [-0.3, -0.25) is 10.1 Å². The predicted molar refractivity (Wildman–Crippen MR) is 79.0 cm³/mol. The van der Waals surface area contributed by atoms with E-state index in [1.807, 2.05) is 0 Å². The second-order valence-corrected chi connectivity index (χ2v) is 4.71. The van der Waals surface area contributed by atoms with E-state index in [1.165, 1.54) is 6.07 Å². The minimum absolute atomic E-state index is 0.0887. The fraction of sp³-hybridized carbons (Fsp3) is 0.500. The van der Waals surface area contributed by atoms with Gasteiger partial charge in [0.05, 0.1) is 10.5 Å². The van der Waals surface area contributed by atoms with Gasteiger partial charge in [-0.1, -0.05) is 0 Å². The average molecular weight is 296 g/mol. The molecule has 0 aromatic heterocycles. The number of carbonyl (C=O) groups is 1. The number of nitrogens with zero attached hydrogens (tertiary/aromatic N) is 1. The maximum absolute atomic E-state index is 11.0. The molecular formula is C14H20N2O5. The molecule has 0 atom stereocenters. The minimum atomic E-state index is -1.18. The summed E-state index contributed by atoms with van der Waals surface area (Å²) in [5.41, 5.74) is 0.668. The van der Waals surface area contributed by atoms with Crippen LogP contribution in [0.15, 0.2) is 12.1 Å². The number of nitro groups is 1. The zero-order chi connectivity index (χ0) is 15.8. The van der Waals surface area contributed by atoms with Gasteiger partial charge in [0.15, 0.2) is 0 Å². The van der Waals surface area contributed by atoms with E-state index in [0.29, 0.717) is 24.4 Å². The quantitative estimate of drug-likeness (QED) is 0.413. The molecule has 0 saturated carbocycles. The van der Waals surface area contributed by atoms with Crippen molar-refractivity contribution in [3.8, 4) is 0 Å². The summed E-state index contributed by atoms with van der Waals surface area (Å²) >= 11 is 0.